The van der Waals surface area contributed by atoms with Crippen LogP contribution in [0.15, 0.2) is 22.6 Å². The van der Waals surface area contributed by atoms with Crippen molar-refractivity contribution in [2.75, 3.05) is 27.3 Å². The molecule has 1 aromatic heterocycles. The number of rotatable bonds is 5. The van der Waals surface area contributed by atoms with Crippen LogP contribution in [0.3, 0.4) is 0 Å². The third-order valence-corrected chi connectivity index (χ3v) is 3.60. The van der Waals surface area contributed by atoms with Gasteiger partial charge in [0, 0.05) is 31.7 Å². The topological polar surface area (TPSA) is 62.9 Å². The SMILES string of the molecule is COCC(O)CN(C)C(=O)c1oc2c(Cl)cccc2c1C. The van der Waals surface area contributed by atoms with Crippen LogP contribution < -0.4 is 0 Å². The fourth-order valence-electron chi connectivity index (χ4n) is 2.23. The van der Waals surface area contributed by atoms with Gasteiger partial charge >= 0.3 is 0 Å². The number of benzene rings is 1. The number of ether oxygens (including phenoxy) is 1. The maximum absolute atomic E-state index is 12.4. The maximum atomic E-state index is 12.4. The minimum atomic E-state index is -0.739. The predicted molar refractivity (Wildman–Crippen MR) is 80.8 cm³/mol. The zero-order valence-electron chi connectivity index (χ0n) is 12.2. The second-order valence-electron chi connectivity index (χ2n) is 4.97. The predicted octanol–water partition coefficient (Wildman–Crippen LogP) is 2.47. The zero-order valence-corrected chi connectivity index (χ0v) is 13.0. The third-order valence-electron chi connectivity index (χ3n) is 3.30. The summed E-state index contributed by atoms with van der Waals surface area (Å²) in [6.45, 7) is 2.15. The highest BCUT2D eigenvalue weighted by Gasteiger charge is 2.23. The number of halogens is 1. The van der Waals surface area contributed by atoms with E-state index in [2.05, 4.69) is 0 Å². The highest BCUT2D eigenvalue weighted by Crippen LogP contribution is 2.31. The highest BCUT2D eigenvalue weighted by atomic mass is 35.5. The van der Waals surface area contributed by atoms with Gasteiger partial charge in [-0.2, -0.15) is 0 Å². The van der Waals surface area contributed by atoms with Gasteiger partial charge in [-0.05, 0) is 13.0 Å². The Hall–Kier alpha value is -1.56. The molecule has 1 heterocycles. The first-order chi connectivity index (χ1) is 9.95. The van der Waals surface area contributed by atoms with E-state index in [1.807, 2.05) is 19.1 Å². The van der Waals surface area contributed by atoms with Gasteiger partial charge in [0.05, 0.1) is 17.7 Å². The Labute approximate surface area is 128 Å². The molecule has 1 amide bonds. The van der Waals surface area contributed by atoms with E-state index >= 15 is 0 Å². The summed E-state index contributed by atoms with van der Waals surface area (Å²) in [4.78, 5) is 13.8. The molecule has 6 heteroatoms. The van der Waals surface area contributed by atoms with Crippen LogP contribution in [0.1, 0.15) is 16.1 Å². The summed E-state index contributed by atoms with van der Waals surface area (Å²) in [5.41, 5.74) is 1.25. The first-order valence-electron chi connectivity index (χ1n) is 6.55. The molecule has 2 rings (SSSR count). The maximum Gasteiger partial charge on any atom is 0.289 e. The molecule has 0 radical (unpaired) electrons. The fraction of sp³-hybridized carbons (Fsp3) is 0.400. The van der Waals surface area contributed by atoms with Crippen LogP contribution in [0.5, 0.6) is 0 Å². The normalized spacial score (nSPS) is 12.6. The number of likely N-dealkylation sites (N-methyl/N-ethyl adjacent to an activating group) is 1. The molecule has 0 saturated heterocycles. The minimum Gasteiger partial charge on any atom is -0.449 e. The van der Waals surface area contributed by atoms with Gasteiger partial charge in [-0.3, -0.25) is 4.79 Å². The number of aliphatic hydroxyl groups excluding tert-OH is 1. The van der Waals surface area contributed by atoms with Crippen molar-refractivity contribution in [3.8, 4) is 0 Å². The van der Waals surface area contributed by atoms with E-state index < -0.39 is 6.10 Å². The van der Waals surface area contributed by atoms with Crippen LogP contribution in [0, 0.1) is 6.92 Å². The lowest BCUT2D eigenvalue weighted by atomic mass is 10.1. The average molecular weight is 312 g/mol. The van der Waals surface area contributed by atoms with E-state index in [1.165, 1.54) is 12.0 Å². The van der Waals surface area contributed by atoms with E-state index in [1.54, 1.807) is 13.1 Å². The molecule has 114 valence electrons. The van der Waals surface area contributed by atoms with Gasteiger partial charge in [-0.1, -0.05) is 23.7 Å². The molecule has 0 fully saturated rings. The molecule has 0 spiro atoms. The Bertz CT molecular complexity index is 652. The Balaban J connectivity index is 2.27. The van der Waals surface area contributed by atoms with Gasteiger partial charge in [-0.25, -0.2) is 0 Å². The Morgan fingerprint density at radius 2 is 2.24 bits per heavy atom. The first kappa shape index (κ1) is 15.8. The van der Waals surface area contributed by atoms with Crippen molar-refractivity contribution in [3.63, 3.8) is 0 Å². The summed E-state index contributed by atoms with van der Waals surface area (Å²) in [5.74, 6) is -0.0554. The molecule has 2 aromatic rings. The van der Waals surface area contributed by atoms with E-state index in [4.69, 9.17) is 20.8 Å². The van der Waals surface area contributed by atoms with Crippen LogP contribution in [-0.2, 0) is 4.74 Å². The quantitative estimate of drug-likeness (QED) is 0.921. The molecular formula is C15H18ClNO4. The first-order valence-corrected chi connectivity index (χ1v) is 6.93. The Kier molecular flexibility index (Phi) is 4.88. The zero-order chi connectivity index (χ0) is 15.6. The molecule has 1 N–H and O–H groups in total. The number of hydrogen-bond donors (Lipinski definition) is 1. The number of carbonyl (C=O) groups is 1. The van der Waals surface area contributed by atoms with Crippen molar-refractivity contribution in [2.24, 2.45) is 0 Å². The average Bonchev–Trinajstić information content (AvgIpc) is 2.77. The van der Waals surface area contributed by atoms with Gasteiger partial charge in [0.25, 0.3) is 5.91 Å². The summed E-state index contributed by atoms with van der Waals surface area (Å²) < 4.78 is 10.5. The monoisotopic (exact) mass is 311 g/mol. The lowest BCUT2D eigenvalue weighted by Gasteiger charge is -2.19. The second-order valence-corrected chi connectivity index (χ2v) is 5.37. The van der Waals surface area contributed by atoms with Crippen molar-refractivity contribution in [3.05, 3.63) is 34.5 Å². The number of amides is 1. The van der Waals surface area contributed by atoms with Crippen LogP contribution in [-0.4, -0.2) is 49.3 Å². The summed E-state index contributed by atoms with van der Waals surface area (Å²) in [6, 6.07) is 5.39. The lowest BCUT2D eigenvalue weighted by molar-refractivity contribution is 0.0368. The number of para-hydroxylation sites is 1. The number of fused-ring (bicyclic) bond motifs is 1. The van der Waals surface area contributed by atoms with Gasteiger partial charge in [-0.15, -0.1) is 0 Å². The molecule has 21 heavy (non-hydrogen) atoms. The van der Waals surface area contributed by atoms with E-state index in [-0.39, 0.29) is 24.8 Å². The van der Waals surface area contributed by atoms with Crippen LogP contribution in [0.2, 0.25) is 5.02 Å². The van der Waals surface area contributed by atoms with Crippen molar-refractivity contribution < 1.29 is 19.1 Å². The number of furan rings is 1. The van der Waals surface area contributed by atoms with Crippen molar-refractivity contribution in [2.45, 2.75) is 13.0 Å². The Morgan fingerprint density at radius 1 is 1.52 bits per heavy atom. The molecule has 0 bridgehead atoms. The number of nitrogens with zero attached hydrogens (tertiary/aromatic N) is 1. The van der Waals surface area contributed by atoms with Gasteiger partial charge in [0.15, 0.2) is 11.3 Å². The molecule has 1 atom stereocenters. The summed E-state index contributed by atoms with van der Waals surface area (Å²) in [6.07, 6.45) is -0.739. The van der Waals surface area contributed by atoms with Crippen LogP contribution >= 0.6 is 11.6 Å². The Morgan fingerprint density at radius 3 is 2.86 bits per heavy atom. The smallest absolute Gasteiger partial charge is 0.289 e. The van der Waals surface area contributed by atoms with Gasteiger partial charge in [0.1, 0.15) is 0 Å². The lowest BCUT2D eigenvalue weighted by Crippen LogP contribution is -2.36. The minimum absolute atomic E-state index is 0.164. The number of aryl methyl sites for hydroxylation is 1. The van der Waals surface area contributed by atoms with Crippen molar-refractivity contribution in [1.82, 2.24) is 4.90 Å². The highest BCUT2D eigenvalue weighted by molar-refractivity contribution is 6.35. The third kappa shape index (κ3) is 3.20. The molecule has 0 saturated carbocycles. The molecule has 1 aromatic carbocycles. The molecule has 0 aliphatic heterocycles. The molecule has 1 unspecified atom stereocenters. The van der Waals surface area contributed by atoms with E-state index in [0.29, 0.717) is 10.6 Å². The van der Waals surface area contributed by atoms with E-state index in [9.17, 15) is 9.90 Å². The van der Waals surface area contributed by atoms with E-state index in [0.717, 1.165) is 10.9 Å². The second kappa shape index (κ2) is 6.47. The molecular weight excluding hydrogens is 294 g/mol. The summed E-state index contributed by atoms with van der Waals surface area (Å²) in [7, 11) is 3.10. The summed E-state index contributed by atoms with van der Waals surface area (Å²) >= 11 is 6.08. The molecule has 5 nitrogen and oxygen atoms in total. The molecule has 0 aliphatic rings. The number of carbonyl (C=O) groups excluding carboxylic acids is 1. The number of methoxy groups -OCH3 is 1. The van der Waals surface area contributed by atoms with Crippen LogP contribution in [0.4, 0.5) is 0 Å². The fourth-order valence-corrected chi connectivity index (χ4v) is 2.44. The largest absolute Gasteiger partial charge is 0.449 e. The number of hydrogen-bond acceptors (Lipinski definition) is 4. The standard InChI is InChI=1S/C15H18ClNO4/c1-9-11-5-4-6-12(16)14(11)21-13(9)15(19)17(2)7-10(18)8-20-3/h4-6,10,18H,7-8H2,1-3H3. The summed E-state index contributed by atoms with van der Waals surface area (Å²) in [5, 5.41) is 11.0. The van der Waals surface area contributed by atoms with Crippen molar-refractivity contribution >= 4 is 28.5 Å². The molecule has 0 aliphatic carbocycles. The van der Waals surface area contributed by atoms with Gasteiger partial charge in [0.2, 0.25) is 0 Å². The van der Waals surface area contributed by atoms with Crippen LogP contribution in [0.25, 0.3) is 11.0 Å². The van der Waals surface area contributed by atoms with Gasteiger partial charge < -0.3 is 19.2 Å². The number of aliphatic hydroxyl groups is 1. The van der Waals surface area contributed by atoms with Crippen molar-refractivity contribution in [1.29, 1.82) is 0 Å².